The molecular formula is C18H14N2O6S. The molecule has 0 atom stereocenters. The minimum Gasteiger partial charge on any atom is -0.497 e. The van der Waals surface area contributed by atoms with Gasteiger partial charge in [0.05, 0.1) is 35.3 Å². The van der Waals surface area contributed by atoms with Crippen LogP contribution in [0.15, 0.2) is 47.4 Å². The highest BCUT2D eigenvalue weighted by atomic mass is 32.2. The molecule has 0 spiro atoms. The molecule has 1 aliphatic heterocycles. The number of amides is 2. The molecule has 1 aliphatic rings. The molecule has 1 fully saturated rings. The first-order valence-corrected chi connectivity index (χ1v) is 8.51. The number of hydrogen-bond acceptors (Lipinski definition) is 7. The highest BCUT2D eigenvalue weighted by molar-refractivity contribution is 8.19. The van der Waals surface area contributed by atoms with Crippen LogP contribution in [0.25, 0.3) is 6.08 Å². The summed E-state index contributed by atoms with van der Waals surface area (Å²) in [5.41, 5.74) is 0.368. The second-order valence-electron chi connectivity index (χ2n) is 5.37. The van der Waals surface area contributed by atoms with Gasteiger partial charge in [-0.3, -0.25) is 19.7 Å². The van der Waals surface area contributed by atoms with E-state index in [9.17, 15) is 19.7 Å². The zero-order valence-corrected chi connectivity index (χ0v) is 15.2. The lowest BCUT2D eigenvalue weighted by Crippen LogP contribution is -2.28. The van der Waals surface area contributed by atoms with Gasteiger partial charge in [0.2, 0.25) is 0 Å². The summed E-state index contributed by atoms with van der Waals surface area (Å²) in [6, 6.07) is 10.7. The molecule has 2 amide bonds. The first-order chi connectivity index (χ1) is 13.0. The van der Waals surface area contributed by atoms with E-state index in [4.69, 9.17) is 9.47 Å². The monoisotopic (exact) mass is 386 g/mol. The van der Waals surface area contributed by atoms with Crippen LogP contribution in [0.1, 0.15) is 5.56 Å². The summed E-state index contributed by atoms with van der Waals surface area (Å²) in [4.78, 5) is 36.9. The standard InChI is InChI=1S/C18H14N2O6S/c1-25-12-7-8-14(15(10-12)26-2)19-17(21)16(27-18(19)22)9-11-5-3-4-6-13(11)20(23)24/h3-10H,1-2H3/b16-9-. The van der Waals surface area contributed by atoms with Crippen LogP contribution in [0.2, 0.25) is 0 Å². The molecule has 2 aromatic carbocycles. The Hall–Kier alpha value is -3.33. The number of nitrogens with zero attached hydrogens (tertiary/aromatic N) is 2. The van der Waals surface area contributed by atoms with Gasteiger partial charge in [-0.15, -0.1) is 0 Å². The Morgan fingerprint density at radius 2 is 1.85 bits per heavy atom. The molecule has 3 rings (SSSR count). The Balaban J connectivity index is 2.01. The molecule has 27 heavy (non-hydrogen) atoms. The topological polar surface area (TPSA) is 99.0 Å². The van der Waals surface area contributed by atoms with Crippen LogP contribution in [0.5, 0.6) is 11.5 Å². The number of nitro groups is 1. The van der Waals surface area contributed by atoms with Crippen LogP contribution >= 0.6 is 11.8 Å². The van der Waals surface area contributed by atoms with Crippen molar-refractivity contribution in [3.05, 3.63) is 63.0 Å². The lowest BCUT2D eigenvalue weighted by molar-refractivity contribution is -0.385. The van der Waals surface area contributed by atoms with Gasteiger partial charge in [-0.1, -0.05) is 12.1 Å². The predicted octanol–water partition coefficient (Wildman–Crippen LogP) is 3.85. The molecule has 9 heteroatoms. The van der Waals surface area contributed by atoms with Gasteiger partial charge < -0.3 is 9.47 Å². The van der Waals surface area contributed by atoms with Crippen LogP contribution in [0, 0.1) is 10.1 Å². The lowest BCUT2D eigenvalue weighted by Gasteiger charge is -2.16. The number of para-hydroxylation sites is 1. The number of methoxy groups -OCH3 is 2. The minimum absolute atomic E-state index is 0.0900. The summed E-state index contributed by atoms with van der Waals surface area (Å²) in [7, 11) is 2.91. The number of carbonyl (C=O) groups is 2. The van der Waals surface area contributed by atoms with E-state index in [1.54, 1.807) is 24.3 Å². The fraction of sp³-hybridized carbons (Fsp3) is 0.111. The van der Waals surface area contributed by atoms with Crippen molar-refractivity contribution in [1.82, 2.24) is 0 Å². The quantitative estimate of drug-likeness (QED) is 0.437. The number of benzene rings is 2. The molecule has 0 N–H and O–H groups in total. The first-order valence-electron chi connectivity index (χ1n) is 7.69. The highest BCUT2D eigenvalue weighted by Gasteiger charge is 2.38. The molecule has 0 aromatic heterocycles. The van der Waals surface area contributed by atoms with Crippen LogP contribution in [-0.2, 0) is 4.79 Å². The smallest absolute Gasteiger partial charge is 0.298 e. The minimum atomic E-state index is -0.577. The third kappa shape index (κ3) is 3.49. The summed E-state index contributed by atoms with van der Waals surface area (Å²) >= 11 is 0.710. The maximum absolute atomic E-state index is 12.8. The summed E-state index contributed by atoms with van der Waals surface area (Å²) in [5.74, 6) is 0.230. The number of rotatable bonds is 5. The number of ether oxygens (including phenoxy) is 2. The van der Waals surface area contributed by atoms with Crippen LogP contribution < -0.4 is 14.4 Å². The number of imide groups is 1. The Morgan fingerprint density at radius 1 is 1.11 bits per heavy atom. The van der Waals surface area contributed by atoms with Gasteiger partial charge in [0, 0.05) is 12.1 Å². The van der Waals surface area contributed by atoms with E-state index in [2.05, 4.69) is 0 Å². The number of nitro benzene ring substituents is 1. The van der Waals surface area contributed by atoms with Gasteiger partial charge >= 0.3 is 0 Å². The van der Waals surface area contributed by atoms with Crippen LogP contribution in [0.3, 0.4) is 0 Å². The van der Waals surface area contributed by atoms with E-state index < -0.39 is 16.1 Å². The average molecular weight is 386 g/mol. The summed E-state index contributed by atoms with van der Waals surface area (Å²) in [6.07, 6.45) is 1.35. The molecule has 0 saturated carbocycles. The van der Waals surface area contributed by atoms with Gasteiger partial charge in [-0.25, -0.2) is 4.90 Å². The number of anilines is 1. The molecular weight excluding hydrogens is 372 g/mol. The van der Waals surface area contributed by atoms with Crippen molar-refractivity contribution in [3.8, 4) is 11.5 Å². The van der Waals surface area contributed by atoms with Crippen molar-refractivity contribution in [2.45, 2.75) is 0 Å². The molecule has 0 aliphatic carbocycles. The molecule has 1 heterocycles. The third-order valence-electron chi connectivity index (χ3n) is 3.84. The number of thioether (sulfide) groups is 1. The van der Waals surface area contributed by atoms with Gasteiger partial charge in [0.15, 0.2) is 0 Å². The Bertz CT molecular complexity index is 972. The molecule has 1 saturated heterocycles. The van der Waals surface area contributed by atoms with Crippen molar-refractivity contribution in [2.24, 2.45) is 0 Å². The Kier molecular flexibility index (Phi) is 5.13. The molecule has 0 bridgehead atoms. The van der Waals surface area contributed by atoms with E-state index in [1.165, 1.54) is 38.5 Å². The van der Waals surface area contributed by atoms with Crippen LogP contribution in [0.4, 0.5) is 16.2 Å². The van der Waals surface area contributed by atoms with Crippen molar-refractivity contribution in [1.29, 1.82) is 0 Å². The van der Waals surface area contributed by atoms with Gasteiger partial charge in [0.1, 0.15) is 11.5 Å². The molecule has 2 aromatic rings. The summed E-state index contributed by atoms with van der Waals surface area (Å²) in [5, 5.41) is 10.6. The average Bonchev–Trinajstić information content (AvgIpc) is 2.94. The highest BCUT2D eigenvalue weighted by Crippen LogP contribution is 2.41. The largest absolute Gasteiger partial charge is 0.497 e. The van der Waals surface area contributed by atoms with Crippen molar-refractivity contribution in [2.75, 3.05) is 19.1 Å². The van der Waals surface area contributed by atoms with E-state index in [0.29, 0.717) is 23.3 Å². The predicted molar refractivity (Wildman–Crippen MR) is 101 cm³/mol. The Labute approximate surface area is 158 Å². The van der Waals surface area contributed by atoms with Gasteiger partial charge in [0.25, 0.3) is 16.8 Å². The lowest BCUT2D eigenvalue weighted by atomic mass is 10.1. The van der Waals surface area contributed by atoms with Crippen molar-refractivity contribution in [3.63, 3.8) is 0 Å². The fourth-order valence-electron chi connectivity index (χ4n) is 2.56. The van der Waals surface area contributed by atoms with Gasteiger partial charge in [-0.2, -0.15) is 0 Å². The summed E-state index contributed by atoms with van der Waals surface area (Å²) in [6.45, 7) is 0. The number of hydrogen-bond donors (Lipinski definition) is 0. The van der Waals surface area contributed by atoms with E-state index >= 15 is 0 Å². The number of carbonyl (C=O) groups excluding carboxylic acids is 2. The fourth-order valence-corrected chi connectivity index (χ4v) is 3.39. The zero-order chi connectivity index (χ0) is 19.6. The molecule has 8 nitrogen and oxygen atoms in total. The molecule has 0 unspecified atom stereocenters. The zero-order valence-electron chi connectivity index (χ0n) is 14.4. The maximum Gasteiger partial charge on any atom is 0.298 e. The SMILES string of the molecule is COc1ccc(N2C(=O)S/C(=C\c3ccccc3[N+](=O)[O-])C2=O)c(OC)c1. The molecule has 138 valence electrons. The van der Waals surface area contributed by atoms with E-state index in [-0.39, 0.29) is 21.8 Å². The summed E-state index contributed by atoms with van der Waals surface area (Å²) < 4.78 is 10.4. The van der Waals surface area contributed by atoms with E-state index in [0.717, 1.165) is 4.90 Å². The van der Waals surface area contributed by atoms with Crippen molar-refractivity contribution < 1.29 is 24.0 Å². The maximum atomic E-state index is 12.8. The second-order valence-corrected chi connectivity index (χ2v) is 6.36. The van der Waals surface area contributed by atoms with E-state index in [1.807, 2.05) is 0 Å². The first kappa shape index (κ1) is 18.5. The third-order valence-corrected chi connectivity index (χ3v) is 4.71. The second kappa shape index (κ2) is 7.50. The van der Waals surface area contributed by atoms with Crippen LogP contribution in [-0.4, -0.2) is 30.3 Å². The van der Waals surface area contributed by atoms with Crippen molar-refractivity contribution >= 4 is 40.4 Å². The normalized spacial score (nSPS) is 15.3. The Morgan fingerprint density at radius 3 is 2.52 bits per heavy atom. The molecule has 0 radical (unpaired) electrons. The van der Waals surface area contributed by atoms with Gasteiger partial charge in [-0.05, 0) is 36.0 Å².